The minimum atomic E-state index is -0.131. The fourth-order valence-corrected chi connectivity index (χ4v) is 3.57. The molecule has 2 saturated carbocycles. The summed E-state index contributed by atoms with van der Waals surface area (Å²) in [4.78, 5) is 16.9. The Morgan fingerprint density at radius 3 is 2.62 bits per heavy atom. The number of anilines is 1. The predicted octanol–water partition coefficient (Wildman–Crippen LogP) is 4.38. The molecule has 4 rings (SSSR count). The van der Waals surface area contributed by atoms with Crippen LogP contribution < -0.4 is 10.6 Å². The smallest absolute Gasteiger partial charge is 0.319 e. The number of aromatic nitrogens is 2. The molecule has 6 heteroatoms. The molecule has 0 saturated heterocycles. The SMILES string of the molecule is O=C(Nc1ccccc1Cc1nc(C2CC2)no1)NC1CCCCCC1. The molecule has 1 heterocycles. The minimum absolute atomic E-state index is 0.131. The van der Waals surface area contributed by atoms with E-state index in [0.29, 0.717) is 18.2 Å². The Bertz CT molecular complexity index is 746. The largest absolute Gasteiger partial charge is 0.339 e. The minimum Gasteiger partial charge on any atom is -0.339 e. The Labute approximate surface area is 153 Å². The molecule has 2 aliphatic rings. The lowest BCUT2D eigenvalue weighted by atomic mass is 10.1. The van der Waals surface area contributed by atoms with Gasteiger partial charge in [0.05, 0.1) is 6.42 Å². The quantitative estimate of drug-likeness (QED) is 0.781. The number of amides is 2. The summed E-state index contributed by atoms with van der Waals surface area (Å²) in [5.74, 6) is 1.90. The molecule has 2 aliphatic carbocycles. The first-order valence-electron chi connectivity index (χ1n) is 9.76. The number of para-hydroxylation sites is 1. The Balaban J connectivity index is 1.38. The van der Waals surface area contributed by atoms with E-state index in [2.05, 4.69) is 20.8 Å². The van der Waals surface area contributed by atoms with Crippen molar-refractivity contribution in [2.75, 3.05) is 5.32 Å². The number of carbonyl (C=O) groups excluding carboxylic acids is 1. The highest BCUT2D eigenvalue weighted by atomic mass is 16.5. The second-order valence-electron chi connectivity index (χ2n) is 7.44. The zero-order chi connectivity index (χ0) is 17.8. The fourth-order valence-electron chi connectivity index (χ4n) is 3.57. The molecular weight excluding hydrogens is 328 g/mol. The van der Waals surface area contributed by atoms with Crippen molar-refractivity contribution in [3.8, 4) is 0 Å². The van der Waals surface area contributed by atoms with Crippen LogP contribution in [0.4, 0.5) is 10.5 Å². The average Bonchev–Trinajstić information content (AvgIpc) is 3.42. The van der Waals surface area contributed by atoms with Crippen LogP contribution in [0.2, 0.25) is 0 Å². The zero-order valence-electron chi connectivity index (χ0n) is 15.0. The molecule has 2 amide bonds. The van der Waals surface area contributed by atoms with E-state index >= 15 is 0 Å². The maximum atomic E-state index is 12.4. The summed E-state index contributed by atoms with van der Waals surface area (Å²) < 4.78 is 5.38. The lowest BCUT2D eigenvalue weighted by Crippen LogP contribution is -2.37. The lowest BCUT2D eigenvalue weighted by molar-refractivity contribution is 0.247. The summed E-state index contributed by atoms with van der Waals surface area (Å²) in [5.41, 5.74) is 1.78. The molecule has 2 aromatic rings. The maximum absolute atomic E-state index is 12.4. The summed E-state index contributed by atoms with van der Waals surface area (Å²) in [6.07, 6.45) is 9.91. The predicted molar refractivity (Wildman–Crippen MR) is 99.2 cm³/mol. The van der Waals surface area contributed by atoms with E-state index in [9.17, 15) is 4.79 Å². The summed E-state index contributed by atoms with van der Waals surface area (Å²) >= 11 is 0. The van der Waals surface area contributed by atoms with Gasteiger partial charge in [-0.05, 0) is 37.3 Å². The van der Waals surface area contributed by atoms with Gasteiger partial charge < -0.3 is 15.2 Å². The summed E-state index contributed by atoms with van der Waals surface area (Å²) in [7, 11) is 0. The molecule has 6 nitrogen and oxygen atoms in total. The van der Waals surface area contributed by atoms with E-state index in [1.807, 2.05) is 24.3 Å². The van der Waals surface area contributed by atoms with Gasteiger partial charge in [0.1, 0.15) is 0 Å². The third-order valence-corrected chi connectivity index (χ3v) is 5.22. The van der Waals surface area contributed by atoms with Gasteiger partial charge in [0.15, 0.2) is 5.82 Å². The normalized spacial score (nSPS) is 18.3. The second kappa shape index (κ2) is 7.89. The number of urea groups is 1. The van der Waals surface area contributed by atoms with Crippen molar-refractivity contribution in [3.63, 3.8) is 0 Å². The van der Waals surface area contributed by atoms with Gasteiger partial charge >= 0.3 is 6.03 Å². The highest BCUT2D eigenvalue weighted by Gasteiger charge is 2.28. The molecule has 2 N–H and O–H groups in total. The van der Waals surface area contributed by atoms with E-state index < -0.39 is 0 Å². The second-order valence-corrected chi connectivity index (χ2v) is 7.44. The van der Waals surface area contributed by atoms with Crippen molar-refractivity contribution < 1.29 is 9.32 Å². The molecule has 1 aromatic carbocycles. The molecule has 138 valence electrons. The van der Waals surface area contributed by atoms with Crippen LogP contribution in [-0.2, 0) is 6.42 Å². The van der Waals surface area contributed by atoms with Gasteiger partial charge in [0.2, 0.25) is 5.89 Å². The average molecular weight is 354 g/mol. The van der Waals surface area contributed by atoms with Crippen molar-refractivity contribution in [2.45, 2.75) is 69.7 Å². The van der Waals surface area contributed by atoms with E-state index in [4.69, 9.17) is 4.52 Å². The molecule has 0 spiro atoms. The highest BCUT2D eigenvalue weighted by molar-refractivity contribution is 5.90. The maximum Gasteiger partial charge on any atom is 0.319 e. The first-order chi connectivity index (χ1) is 12.8. The topological polar surface area (TPSA) is 80.1 Å². The van der Waals surface area contributed by atoms with Crippen molar-refractivity contribution in [1.82, 2.24) is 15.5 Å². The number of benzene rings is 1. The highest BCUT2D eigenvalue weighted by Crippen LogP contribution is 2.38. The van der Waals surface area contributed by atoms with Gasteiger partial charge in [-0.3, -0.25) is 0 Å². The van der Waals surface area contributed by atoms with E-state index in [1.54, 1.807) is 0 Å². The molecule has 0 atom stereocenters. The number of rotatable bonds is 5. The summed E-state index contributed by atoms with van der Waals surface area (Å²) in [6.45, 7) is 0. The first-order valence-corrected chi connectivity index (χ1v) is 9.76. The molecular formula is C20H26N4O2. The zero-order valence-corrected chi connectivity index (χ0v) is 15.0. The van der Waals surface area contributed by atoms with Crippen molar-refractivity contribution in [1.29, 1.82) is 0 Å². The van der Waals surface area contributed by atoms with Gasteiger partial charge in [0.25, 0.3) is 0 Å². The Hall–Kier alpha value is -2.37. The van der Waals surface area contributed by atoms with Crippen molar-refractivity contribution in [2.24, 2.45) is 0 Å². The number of nitrogens with one attached hydrogen (secondary N) is 2. The molecule has 0 unspecified atom stereocenters. The molecule has 0 aliphatic heterocycles. The first kappa shape index (κ1) is 17.1. The number of nitrogens with zero attached hydrogens (tertiary/aromatic N) is 2. The van der Waals surface area contributed by atoms with Crippen LogP contribution >= 0.6 is 0 Å². The van der Waals surface area contributed by atoms with Crippen LogP contribution in [0.5, 0.6) is 0 Å². The monoisotopic (exact) mass is 354 g/mol. The molecule has 0 bridgehead atoms. The van der Waals surface area contributed by atoms with Crippen molar-refractivity contribution in [3.05, 3.63) is 41.5 Å². The van der Waals surface area contributed by atoms with E-state index in [-0.39, 0.29) is 12.1 Å². The Kier molecular flexibility index (Phi) is 5.18. The molecule has 26 heavy (non-hydrogen) atoms. The lowest BCUT2D eigenvalue weighted by Gasteiger charge is -2.17. The van der Waals surface area contributed by atoms with Crippen LogP contribution in [0.15, 0.2) is 28.8 Å². The third-order valence-electron chi connectivity index (χ3n) is 5.22. The van der Waals surface area contributed by atoms with Crippen LogP contribution in [0.25, 0.3) is 0 Å². The molecule has 0 radical (unpaired) electrons. The summed E-state index contributed by atoms with van der Waals surface area (Å²) in [6, 6.07) is 7.94. The van der Waals surface area contributed by atoms with Gasteiger partial charge in [-0.2, -0.15) is 4.98 Å². The van der Waals surface area contributed by atoms with Crippen LogP contribution in [-0.4, -0.2) is 22.2 Å². The number of hydrogen-bond acceptors (Lipinski definition) is 4. The number of hydrogen-bond donors (Lipinski definition) is 2. The standard InChI is InChI=1S/C20H26N4O2/c25-20(21-16-8-3-1-2-4-9-16)22-17-10-6-5-7-15(17)13-18-23-19(24-26-18)14-11-12-14/h5-7,10,14,16H,1-4,8-9,11-13H2,(H2,21,22,25). The number of carbonyl (C=O) groups is 1. The van der Waals surface area contributed by atoms with Gasteiger partial charge in [-0.15, -0.1) is 0 Å². The third kappa shape index (κ3) is 4.42. The molecule has 1 aromatic heterocycles. The van der Waals surface area contributed by atoms with Crippen LogP contribution in [0.1, 0.15) is 74.6 Å². The van der Waals surface area contributed by atoms with Crippen LogP contribution in [0, 0.1) is 0 Å². The van der Waals surface area contributed by atoms with Crippen LogP contribution in [0.3, 0.4) is 0 Å². The fraction of sp³-hybridized carbons (Fsp3) is 0.550. The van der Waals surface area contributed by atoms with Gasteiger partial charge in [-0.1, -0.05) is 49.0 Å². The van der Waals surface area contributed by atoms with E-state index in [0.717, 1.165) is 42.8 Å². The van der Waals surface area contributed by atoms with Crippen molar-refractivity contribution >= 4 is 11.7 Å². The molecule has 2 fully saturated rings. The van der Waals surface area contributed by atoms with Gasteiger partial charge in [-0.25, -0.2) is 4.79 Å². The Morgan fingerprint density at radius 1 is 1.08 bits per heavy atom. The Morgan fingerprint density at radius 2 is 1.85 bits per heavy atom. The van der Waals surface area contributed by atoms with Gasteiger partial charge in [0, 0.05) is 17.6 Å². The summed E-state index contributed by atoms with van der Waals surface area (Å²) in [5, 5.41) is 10.2. The van der Waals surface area contributed by atoms with E-state index in [1.165, 1.54) is 25.7 Å².